The minimum Gasteiger partial charge on any atom is -0.320 e. The molecule has 0 aliphatic carbocycles. The van der Waals surface area contributed by atoms with Crippen molar-refractivity contribution in [3.05, 3.63) is 66.9 Å². The summed E-state index contributed by atoms with van der Waals surface area (Å²) in [5, 5.41) is 14.7. The number of halogens is 1. The standard InChI is InChI=1S/C20H19BrN4O4S/c1-3-8-24-19(27)14-10-13(21)5-7-15(14)23-20(24)30-11-18(26)22-16-6-4-12(2)9-17(16)25(28)29/h4-7,9-10H,3,8,11H2,1-2H3,(H,22,26). The topological polar surface area (TPSA) is 107 Å². The highest BCUT2D eigenvalue weighted by Gasteiger charge is 2.17. The van der Waals surface area contributed by atoms with E-state index in [1.54, 1.807) is 35.8 Å². The number of aryl methyl sites for hydroxylation is 1. The molecule has 3 aromatic rings. The lowest BCUT2D eigenvalue weighted by Crippen LogP contribution is -2.24. The van der Waals surface area contributed by atoms with Crippen molar-refractivity contribution < 1.29 is 9.72 Å². The summed E-state index contributed by atoms with van der Waals surface area (Å²) < 4.78 is 2.34. The van der Waals surface area contributed by atoms with E-state index < -0.39 is 10.8 Å². The lowest BCUT2D eigenvalue weighted by Gasteiger charge is -2.12. The highest BCUT2D eigenvalue weighted by Crippen LogP contribution is 2.26. The Morgan fingerprint density at radius 2 is 2.07 bits per heavy atom. The molecule has 0 aliphatic rings. The summed E-state index contributed by atoms with van der Waals surface area (Å²) in [7, 11) is 0. The molecule has 1 heterocycles. The first-order valence-electron chi connectivity index (χ1n) is 9.18. The van der Waals surface area contributed by atoms with Gasteiger partial charge in [0.2, 0.25) is 5.91 Å². The molecule has 8 nitrogen and oxygen atoms in total. The van der Waals surface area contributed by atoms with Gasteiger partial charge in [-0.15, -0.1) is 0 Å². The van der Waals surface area contributed by atoms with E-state index in [1.165, 1.54) is 12.1 Å². The van der Waals surface area contributed by atoms with Gasteiger partial charge < -0.3 is 5.32 Å². The molecule has 0 atom stereocenters. The highest BCUT2D eigenvalue weighted by atomic mass is 79.9. The van der Waals surface area contributed by atoms with Gasteiger partial charge in [0.1, 0.15) is 5.69 Å². The quantitative estimate of drug-likeness (QED) is 0.226. The second kappa shape index (κ2) is 9.40. The van der Waals surface area contributed by atoms with E-state index in [2.05, 4.69) is 26.2 Å². The number of carbonyl (C=O) groups is 1. The van der Waals surface area contributed by atoms with Crippen LogP contribution in [0.3, 0.4) is 0 Å². The minimum absolute atomic E-state index is 0.0385. The second-order valence-electron chi connectivity index (χ2n) is 6.63. The van der Waals surface area contributed by atoms with Crippen molar-refractivity contribution in [3.8, 4) is 0 Å². The summed E-state index contributed by atoms with van der Waals surface area (Å²) in [5.41, 5.74) is 1.08. The molecule has 1 aromatic heterocycles. The first kappa shape index (κ1) is 22.0. The fraction of sp³-hybridized carbons (Fsp3) is 0.250. The van der Waals surface area contributed by atoms with Crippen LogP contribution in [0.25, 0.3) is 10.9 Å². The van der Waals surface area contributed by atoms with Gasteiger partial charge in [0, 0.05) is 17.1 Å². The van der Waals surface area contributed by atoms with Crippen molar-refractivity contribution in [1.82, 2.24) is 9.55 Å². The first-order chi connectivity index (χ1) is 14.3. The smallest absolute Gasteiger partial charge is 0.293 e. The number of nitro benzene ring substituents is 1. The van der Waals surface area contributed by atoms with Crippen molar-refractivity contribution in [3.63, 3.8) is 0 Å². The number of amides is 1. The number of hydrogen-bond donors (Lipinski definition) is 1. The average Bonchev–Trinajstić information content (AvgIpc) is 2.70. The molecule has 0 aliphatic heterocycles. The van der Waals surface area contributed by atoms with E-state index in [9.17, 15) is 19.7 Å². The van der Waals surface area contributed by atoms with Crippen LogP contribution in [0.4, 0.5) is 11.4 Å². The zero-order valence-corrected chi connectivity index (χ0v) is 18.7. The SMILES string of the molecule is CCCn1c(SCC(=O)Nc2ccc(C)cc2[N+](=O)[O-])nc2ccc(Br)cc2c1=O. The van der Waals surface area contributed by atoms with Gasteiger partial charge >= 0.3 is 0 Å². The number of rotatable bonds is 7. The number of nitrogens with one attached hydrogen (secondary N) is 1. The molecule has 3 rings (SSSR count). The lowest BCUT2D eigenvalue weighted by atomic mass is 10.2. The van der Waals surface area contributed by atoms with Gasteiger partial charge in [-0.25, -0.2) is 4.98 Å². The molecule has 0 radical (unpaired) electrons. The van der Waals surface area contributed by atoms with Crippen LogP contribution >= 0.6 is 27.7 Å². The molecule has 0 spiro atoms. The maximum atomic E-state index is 12.9. The molecule has 10 heteroatoms. The van der Waals surface area contributed by atoms with Crippen molar-refractivity contribution in [2.24, 2.45) is 0 Å². The fourth-order valence-electron chi connectivity index (χ4n) is 2.92. The van der Waals surface area contributed by atoms with Crippen molar-refractivity contribution in [2.75, 3.05) is 11.1 Å². The first-order valence-corrected chi connectivity index (χ1v) is 11.0. The predicted molar refractivity (Wildman–Crippen MR) is 121 cm³/mol. The van der Waals surface area contributed by atoms with Gasteiger partial charge in [-0.05, 0) is 43.2 Å². The van der Waals surface area contributed by atoms with E-state index in [4.69, 9.17) is 0 Å². The van der Waals surface area contributed by atoms with Gasteiger partial charge in [-0.1, -0.05) is 40.7 Å². The minimum atomic E-state index is -0.530. The molecular formula is C20H19BrN4O4S. The molecule has 1 N–H and O–H groups in total. The molecule has 0 bridgehead atoms. The maximum Gasteiger partial charge on any atom is 0.293 e. The molecule has 2 aromatic carbocycles. The third kappa shape index (κ3) is 4.88. The summed E-state index contributed by atoms with van der Waals surface area (Å²) in [4.78, 5) is 40.6. The van der Waals surface area contributed by atoms with Gasteiger partial charge in [-0.2, -0.15) is 0 Å². The molecule has 156 valence electrons. The monoisotopic (exact) mass is 490 g/mol. The Morgan fingerprint density at radius 1 is 1.30 bits per heavy atom. The van der Waals surface area contributed by atoms with Crippen molar-refractivity contribution in [1.29, 1.82) is 0 Å². The number of aromatic nitrogens is 2. The number of benzene rings is 2. The van der Waals surface area contributed by atoms with Crippen LogP contribution in [-0.2, 0) is 11.3 Å². The van der Waals surface area contributed by atoms with Crippen LogP contribution in [-0.4, -0.2) is 26.1 Å². The van der Waals surface area contributed by atoms with Crippen molar-refractivity contribution >= 4 is 55.9 Å². The van der Waals surface area contributed by atoms with Crippen LogP contribution < -0.4 is 10.9 Å². The van der Waals surface area contributed by atoms with Crippen LogP contribution in [0, 0.1) is 17.0 Å². The molecule has 0 unspecified atom stereocenters. The van der Waals surface area contributed by atoms with Crippen LogP contribution in [0.2, 0.25) is 0 Å². The summed E-state index contributed by atoms with van der Waals surface area (Å²) in [6.07, 6.45) is 0.733. The van der Waals surface area contributed by atoms with Gasteiger partial charge in [-0.3, -0.25) is 24.3 Å². The van der Waals surface area contributed by atoms with Crippen molar-refractivity contribution in [2.45, 2.75) is 32.0 Å². The molecule has 1 amide bonds. The zero-order chi connectivity index (χ0) is 21.8. The summed E-state index contributed by atoms with van der Waals surface area (Å²) >= 11 is 4.49. The molecule has 0 fully saturated rings. The number of nitrogens with zero attached hydrogens (tertiary/aromatic N) is 3. The predicted octanol–water partition coefficient (Wildman–Crippen LogP) is 4.52. The van der Waals surface area contributed by atoms with Crippen LogP contribution in [0.5, 0.6) is 0 Å². The van der Waals surface area contributed by atoms with Gasteiger partial charge in [0.05, 0.1) is 21.6 Å². The largest absolute Gasteiger partial charge is 0.320 e. The number of fused-ring (bicyclic) bond motifs is 1. The normalized spacial score (nSPS) is 10.9. The Morgan fingerprint density at radius 3 is 2.77 bits per heavy atom. The summed E-state index contributed by atoms with van der Waals surface area (Å²) in [6.45, 7) is 4.17. The number of carbonyl (C=O) groups excluding carboxylic acids is 1. The summed E-state index contributed by atoms with van der Waals surface area (Å²) in [5.74, 6) is -0.455. The Balaban J connectivity index is 1.84. The molecule has 0 saturated carbocycles. The lowest BCUT2D eigenvalue weighted by molar-refractivity contribution is -0.384. The van der Waals surface area contributed by atoms with Gasteiger partial charge in [0.25, 0.3) is 11.2 Å². The fourth-order valence-corrected chi connectivity index (χ4v) is 4.10. The zero-order valence-electron chi connectivity index (χ0n) is 16.3. The third-order valence-corrected chi connectivity index (χ3v) is 5.75. The van der Waals surface area contributed by atoms with Crippen LogP contribution in [0.15, 0.2) is 50.8 Å². The van der Waals surface area contributed by atoms with E-state index in [-0.39, 0.29) is 22.7 Å². The summed E-state index contributed by atoms with van der Waals surface area (Å²) in [6, 6.07) is 9.89. The number of anilines is 1. The highest BCUT2D eigenvalue weighted by molar-refractivity contribution is 9.10. The second-order valence-corrected chi connectivity index (χ2v) is 8.49. The average molecular weight is 491 g/mol. The number of nitro groups is 1. The van der Waals surface area contributed by atoms with Crippen LogP contribution in [0.1, 0.15) is 18.9 Å². The van der Waals surface area contributed by atoms with E-state index in [0.717, 1.165) is 28.2 Å². The number of thioether (sulfide) groups is 1. The van der Waals surface area contributed by atoms with E-state index in [1.807, 2.05) is 6.92 Å². The molecular weight excluding hydrogens is 472 g/mol. The third-order valence-electron chi connectivity index (χ3n) is 4.28. The van der Waals surface area contributed by atoms with E-state index >= 15 is 0 Å². The molecule has 0 saturated heterocycles. The molecule has 30 heavy (non-hydrogen) atoms. The Hall–Kier alpha value is -2.72. The van der Waals surface area contributed by atoms with E-state index in [0.29, 0.717) is 22.6 Å². The number of hydrogen-bond acceptors (Lipinski definition) is 6. The maximum absolute atomic E-state index is 12.9. The Labute approximate surface area is 185 Å². The Kier molecular flexibility index (Phi) is 6.88. The van der Waals surface area contributed by atoms with Gasteiger partial charge in [0.15, 0.2) is 5.16 Å². The Bertz CT molecular complexity index is 1200.